The normalized spacial score (nSPS) is 13.2. The smallest absolute Gasteiger partial charge is 0.160 e. The Labute approximate surface area is 267 Å². The summed E-state index contributed by atoms with van der Waals surface area (Å²) < 4.78 is 6.39. The summed E-state index contributed by atoms with van der Waals surface area (Å²) in [6.45, 7) is 4.56. The van der Waals surface area contributed by atoms with E-state index in [1.807, 2.05) is 36.7 Å². The number of pyridine rings is 1. The summed E-state index contributed by atoms with van der Waals surface area (Å²) in [5.74, 6) is 0.707. The first-order valence-corrected chi connectivity index (χ1v) is 15.6. The van der Waals surface area contributed by atoms with Crippen molar-refractivity contribution >= 4 is 21.9 Å². The molecule has 4 nitrogen and oxygen atoms in total. The molecule has 1 aliphatic carbocycles. The lowest BCUT2D eigenvalue weighted by atomic mass is 9.80. The van der Waals surface area contributed by atoms with E-state index in [4.69, 9.17) is 14.4 Å². The second-order valence-electron chi connectivity index (χ2n) is 12.5. The van der Waals surface area contributed by atoms with Gasteiger partial charge in [-0.2, -0.15) is 0 Å². The maximum absolute atomic E-state index is 6.39. The highest BCUT2D eigenvalue weighted by molar-refractivity contribution is 6.09. The van der Waals surface area contributed by atoms with Gasteiger partial charge in [0.15, 0.2) is 5.82 Å². The molecule has 46 heavy (non-hydrogen) atoms. The first-order chi connectivity index (χ1) is 22.6. The van der Waals surface area contributed by atoms with Crippen LogP contribution in [0.2, 0.25) is 0 Å². The van der Waals surface area contributed by atoms with Crippen LogP contribution in [0.4, 0.5) is 0 Å². The van der Waals surface area contributed by atoms with Crippen LogP contribution in [0.15, 0.2) is 144 Å². The number of hydrogen-bond donors (Lipinski definition) is 0. The second kappa shape index (κ2) is 10.1. The number of benzene rings is 5. The molecule has 0 unspecified atom stereocenters. The Hall–Kier alpha value is -5.87. The van der Waals surface area contributed by atoms with Gasteiger partial charge in [0.2, 0.25) is 0 Å². The molecule has 218 valence electrons. The molecule has 0 radical (unpaired) electrons. The van der Waals surface area contributed by atoms with Crippen molar-refractivity contribution in [1.82, 2.24) is 15.0 Å². The Balaban J connectivity index is 1.23. The van der Waals surface area contributed by atoms with Gasteiger partial charge in [-0.25, -0.2) is 9.97 Å². The predicted molar refractivity (Wildman–Crippen MR) is 186 cm³/mol. The van der Waals surface area contributed by atoms with Crippen LogP contribution in [-0.4, -0.2) is 15.0 Å². The molecule has 0 saturated carbocycles. The molecular weight excluding hydrogens is 562 g/mol. The number of fused-ring (bicyclic) bond motifs is 6. The Kier molecular flexibility index (Phi) is 5.81. The topological polar surface area (TPSA) is 51.8 Å². The van der Waals surface area contributed by atoms with Crippen molar-refractivity contribution in [2.45, 2.75) is 19.3 Å². The Bertz CT molecular complexity index is 2440. The molecule has 4 heteroatoms. The molecule has 0 saturated heterocycles. The number of aromatic nitrogens is 3. The van der Waals surface area contributed by atoms with Gasteiger partial charge in [-0.1, -0.05) is 117 Å². The summed E-state index contributed by atoms with van der Waals surface area (Å²) in [7, 11) is 0. The monoisotopic (exact) mass is 591 g/mol. The summed E-state index contributed by atoms with van der Waals surface area (Å²) in [6.07, 6.45) is 3.66. The highest BCUT2D eigenvalue weighted by atomic mass is 16.3. The Morgan fingerprint density at radius 1 is 0.522 bits per heavy atom. The molecule has 0 fully saturated rings. The zero-order valence-corrected chi connectivity index (χ0v) is 25.5. The molecule has 3 heterocycles. The molecule has 3 aromatic heterocycles. The van der Waals surface area contributed by atoms with Gasteiger partial charge in [-0.05, 0) is 46.5 Å². The Morgan fingerprint density at radius 2 is 1.17 bits per heavy atom. The van der Waals surface area contributed by atoms with Gasteiger partial charge in [0, 0.05) is 56.4 Å². The van der Waals surface area contributed by atoms with Crippen LogP contribution in [0.25, 0.3) is 78.1 Å². The van der Waals surface area contributed by atoms with Crippen molar-refractivity contribution in [1.29, 1.82) is 0 Å². The van der Waals surface area contributed by atoms with Crippen molar-refractivity contribution in [2.75, 3.05) is 0 Å². The van der Waals surface area contributed by atoms with E-state index in [-0.39, 0.29) is 5.41 Å². The molecule has 0 aliphatic heterocycles. The van der Waals surface area contributed by atoms with Crippen LogP contribution in [0.3, 0.4) is 0 Å². The molecule has 8 aromatic rings. The van der Waals surface area contributed by atoms with Gasteiger partial charge in [0.25, 0.3) is 0 Å². The number of rotatable bonds is 4. The fraction of sp³-hybridized carbons (Fsp3) is 0.0714. The van der Waals surface area contributed by atoms with Crippen molar-refractivity contribution in [3.8, 4) is 56.2 Å². The van der Waals surface area contributed by atoms with Crippen LogP contribution in [-0.2, 0) is 5.41 Å². The maximum atomic E-state index is 6.39. The molecule has 0 amide bonds. The lowest BCUT2D eigenvalue weighted by Gasteiger charge is -2.24. The third-order valence-corrected chi connectivity index (χ3v) is 9.40. The first kappa shape index (κ1) is 26.5. The third-order valence-electron chi connectivity index (χ3n) is 9.40. The van der Waals surface area contributed by atoms with Gasteiger partial charge in [-0.3, -0.25) is 4.98 Å². The van der Waals surface area contributed by atoms with Crippen LogP contribution in [0.5, 0.6) is 0 Å². The van der Waals surface area contributed by atoms with Gasteiger partial charge in [-0.15, -0.1) is 0 Å². The van der Waals surface area contributed by atoms with E-state index < -0.39 is 0 Å². The van der Waals surface area contributed by atoms with Gasteiger partial charge >= 0.3 is 0 Å². The summed E-state index contributed by atoms with van der Waals surface area (Å²) in [4.78, 5) is 14.8. The van der Waals surface area contributed by atoms with Gasteiger partial charge in [0.05, 0.1) is 11.4 Å². The van der Waals surface area contributed by atoms with Crippen molar-refractivity contribution in [2.24, 2.45) is 0 Å². The van der Waals surface area contributed by atoms with E-state index in [0.717, 1.165) is 72.3 Å². The average molecular weight is 592 g/mol. The van der Waals surface area contributed by atoms with Gasteiger partial charge < -0.3 is 4.42 Å². The molecule has 9 rings (SSSR count). The fourth-order valence-corrected chi connectivity index (χ4v) is 7.12. The summed E-state index contributed by atoms with van der Waals surface area (Å²) in [5.41, 5.74) is 13.5. The molecule has 0 spiro atoms. The van der Waals surface area contributed by atoms with E-state index in [2.05, 4.69) is 122 Å². The number of nitrogens with zero attached hydrogens (tertiary/aromatic N) is 3. The van der Waals surface area contributed by atoms with Crippen LogP contribution < -0.4 is 0 Å². The van der Waals surface area contributed by atoms with E-state index in [0.29, 0.717) is 5.82 Å². The standard InChI is InChI=1S/C42H29N3O/c1-42(2)35-15-5-3-12-34(35)39-37(42)38(28-19-17-26(18-20-28)27-21-23-43-24-22-27)44-41(45-39)30-10-7-9-29(25-30)31-13-8-14-33-32-11-4-6-16-36(32)46-40(31)33/h3-25H,1-2H3. The highest BCUT2D eigenvalue weighted by Crippen LogP contribution is 2.51. The summed E-state index contributed by atoms with van der Waals surface area (Å²) >= 11 is 0. The fourth-order valence-electron chi connectivity index (χ4n) is 7.12. The SMILES string of the molecule is CC1(C)c2ccccc2-c2nc(-c3cccc(-c4cccc5c4oc4ccccc45)c3)nc(-c3ccc(-c4ccncc4)cc3)c21. The van der Waals surface area contributed by atoms with Gasteiger partial charge in [0.1, 0.15) is 11.2 Å². The van der Waals surface area contributed by atoms with E-state index in [1.165, 1.54) is 11.1 Å². The van der Waals surface area contributed by atoms with Crippen molar-refractivity contribution < 1.29 is 4.42 Å². The lowest BCUT2D eigenvalue weighted by molar-refractivity contribution is 0.658. The van der Waals surface area contributed by atoms with Crippen LogP contribution >= 0.6 is 0 Å². The minimum Gasteiger partial charge on any atom is -0.455 e. The van der Waals surface area contributed by atoms with E-state index >= 15 is 0 Å². The first-order valence-electron chi connectivity index (χ1n) is 15.6. The largest absolute Gasteiger partial charge is 0.455 e. The quantitative estimate of drug-likeness (QED) is 0.204. The van der Waals surface area contributed by atoms with Crippen molar-refractivity contribution in [3.63, 3.8) is 0 Å². The number of furan rings is 1. The Morgan fingerprint density at radius 3 is 2.04 bits per heavy atom. The molecule has 5 aromatic carbocycles. The van der Waals surface area contributed by atoms with Crippen LogP contribution in [0, 0.1) is 0 Å². The number of hydrogen-bond acceptors (Lipinski definition) is 4. The molecule has 0 atom stereocenters. The maximum Gasteiger partial charge on any atom is 0.160 e. The predicted octanol–water partition coefficient (Wildman–Crippen LogP) is 10.7. The van der Waals surface area contributed by atoms with E-state index in [9.17, 15) is 0 Å². The minimum atomic E-state index is -0.248. The highest BCUT2D eigenvalue weighted by Gasteiger charge is 2.40. The number of para-hydroxylation sites is 2. The molecule has 0 N–H and O–H groups in total. The second-order valence-corrected chi connectivity index (χ2v) is 12.5. The zero-order chi connectivity index (χ0) is 30.8. The zero-order valence-electron chi connectivity index (χ0n) is 25.5. The van der Waals surface area contributed by atoms with Crippen LogP contribution in [0.1, 0.15) is 25.0 Å². The van der Waals surface area contributed by atoms with Crippen molar-refractivity contribution in [3.05, 3.63) is 151 Å². The summed E-state index contributed by atoms with van der Waals surface area (Å²) in [5, 5.41) is 2.24. The minimum absolute atomic E-state index is 0.248. The van der Waals surface area contributed by atoms with E-state index in [1.54, 1.807) is 0 Å². The average Bonchev–Trinajstić information content (AvgIpc) is 3.61. The molecule has 1 aliphatic rings. The third kappa shape index (κ3) is 4.04. The lowest BCUT2D eigenvalue weighted by Crippen LogP contribution is -2.17. The molecule has 0 bridgehead atoms. The molecular formula is C42H29N3O. The summed E-state index contributed by atoms with van der Waals surface area (Å²) in [6, 6.07) is 44.5.